The molecule has 8 nitrogen and oxygen atoms in total. The Morgan fingerprint density at radius 1 is 0.892 bits per heavy atom. The number of hydrogen-bond acceptors (Lipinski definition) is 4. The van der Waals surface area contributed by atoms with Crippen molar-refractivity contribution in [3.63, 3.8) is 0 Å². The molecule has 1 saturated heterocycles. The zero-order valence-electron chi connectivity index (χ0n) is 20.7. The van der Waals surface area contributed by atoms with Crippen LogP contribution >= 0.6 is 12.4 Å². The van der Waals surface area contributed by atoms with Crippen molar-refractivity contribution in [1.29, 1.82) is 0 Å². The van der Waals surface area contributed by atoms with Gasteiger partial charge in [0.1, 0.15) is 17.9 Å². The first-order valence-electron chi connectivity index (χ1n) is 12.7. The topological polar surface area (TPSA) is 137 Å². The molecule has 196 valence electrons. The van der Waals surface area contributed by atoms with E-state index in [9.17, 15) is 14.4 Å². The number of primary amides is 2. The third kappa shape index (κ3) is 4.83. The molecule has 37 heavy (non-hydrogen) atoms. The molecule has 2 aliphatic rings. The Morgan fingerprint density at radius 3 is 2.16 bits per heavy atom. The fraction of sp³-hybridized carbons (Fsp3) is 0.393. The second-order valence-electron chi connectivity index (χ2n) is 10.1. The maximum Gasteiger partial charge on any atom is 0.265 e. The molecular formula is C28H34ClN5O3. The predicted octanol–water partition coefficient (Wildman–Crippen LogP) is 3.30. The van der Waals surface area contributed by atoms with Crippen LogP contribution in [0.2, 0.25) is 0 Å². The summed E-state index contributed by atoms with van der Waals surface area (Å²) >= 11 is 0. The van der Waals surface area contributed by atoms with Gasteiger partial charge in [-0.1, -0.05) is 48.5 Å². The molecule has 1 aliphatic heterocycles. The molecule has 2 fully saturated rings. The van der Waals surface area contributed by atoms with Gasteiger partial charge in [-0.15, -0.1) is 12.4 Å². The summed E-state index contributed by atoms with van der Waals surface area (Å²) in [4.78, 5) is 41.4. The normalized spacial score (nSPS) is 25.5. The van der Waals surface area contributed by atoms with Gasteiger partial charge < -0.3 is 26.7 Å². The molecule has 2 heterocycles. The molecule has 9 heteroatoms. The van der Waals surface area contributed by atoms with Crippen molar-refractivity contribution >= 4 is 41.0 Å². The molecule has 0 bridgehead atoms. The standard InChI is InChI=1S/C28H33N5O3.ClH/c29-16-17-10-12-19(13-11-17)28(36)33-24(15-21(25(33)27(31)35)18-6-2-1-3-7-18)32-22-9-5-4-8-20(22)14-23(32)26(30)34;/h1-9,14,17,19,21,24-25H,10-13,15-16,29H2,(H2,30,34)(H2,31,35);1H/t17?,19?,21-,24?,25-;/m0./s1. The van der Waals surface area contributed by atoms with Crippen LogP contribution in [0.1, 0.15) is 60.2 Å². The zero-order valence-corrected chi connectivity index (χ0v) is 21.5. The summed E-state index contributed by atoms with van der Waals surface area (Å²) in [5.74, 6) is -1.33. The number of amides is 3. The summed E-state index contributed by atoms with van der Waals surface area (Å²) in [5, 5.41) is 0.848. The number of nitrogens with two attached hydrogens (primary N) is 3. The molecule has 1 unspecified atom stereocenters. The molecule has 3 amide bonds. The van der Waals surface area contributed by atoms with E-state index in [0.29, 0.717) is 24.6 Å². The van der Waals surface area contributed by atoms with Crippen LogP contribution in [0.5, 0.6) is 0 Å². The molecule has 5 rings (SSSR count). The highest BCUT2D eigenvalue weighted by molar-refractivity contribution is 5.98. The smallest absolute Gasteiger partial charge is 0.265 e. The quantitative estimate of drug-likeness (QED) is 0.456. The van der Waals surface area contributed by atoms with Gasteiger partial charge in [-0.25, -0.2) is 0 Å². The largest absolute Gasteiger partial charge is 0.368 e. The van der Waals surface area contributed by atoms with Gasteiger partial charge in [-0.2, -0.15) is 0 Å². The number of likely N-dealkylation sites (tertiary alicyclic amines) is 1. The van der Waals surface area contributed by atoms with Crippen molar-refractivity contribution in [3.8, 4) is 0 Å². The zero-order chi connectivity index (χ0) is 25.4. The molecule has 3 atom stereocenters. The van der Waals surface area contributed by atoms with E-state index in [1.54, 1.807) is 11.0 Å². The second kappa shape index (κ2) is 10.9. The molecule has 0 spiro atoms. The van der Waals surface area contributed by atoms with Crippen molar-refractivity contribution < 1.29 is 14.4 Å². The van der Waals surface area contributed by atoms with E-state index in [0.717, 1.165) is 42.1 Å². The van der Waals surface area contributed by atoms with Gasteiger partial charge in [0, 0.05) is 17.2 Å². The number of rotatable bonds is 6. The number of hydrogen-bond donors (Lipinski definition) is 3. The number of benzene rings is 2. The van der Waals surface area contributed by atoms with Gasteiger partial charge in [0.2, 0.25) is 11.8 Å². The Kier molecular flexibility index (Phi) is 7.90. The van der Waals surface area contributed by atoms with Crippen molar-refractivity contribution in [3.05, 3.63) is 71.9 Å². The first kappa shape index (κ1) is 26.7. The first-order chi connectivity index (χ1) is 17.4. The lowest BCUT2D eigenvalue weighted by atomic mass is 9.81. The van der Waals surface area contributed by atoms with Gasteiger partial charge in [-0.05, 0) is 62.3 Å². The summed E-state index contributed by atoms with van der Waals surface area (Å²) in [5.41, 5.74) is 19.7. The first-order valence-corrected chi connectivity index (χ1v) is 12.7. The van der Waals surface area contributed by atoms with Crippen molar-refractivity contribution in [2.75, 3.05) is 6.54 Å². The number of aromatic nitrogens is 1. The maximum atomic E-state index is 14.2. The van der Waals surface area contributed by atoms with E-state index in [2.05, 4.69) is 0 Å². The van der Waals surface area contributed by atoms with Crippen molar-refractivity contribution in [2.45, 2.75) is 50.2 Å². The number of para-hydroxylation sites is 1. The van der Waals surface area contributed by atoms with E-state index in [4.69, 9.17) is 17.2 Å². The molecule has 6 N–H and O–H groups in total. The van der Waals surface area contributed by atoms with Crippen LogP contribution in [0.25, 0.3) is 10.9 Å². The molecule has 1 aromatic heterocycles. The minimum absolute atomic E-state index is 0. The average Bonchev–Trinajstić information content (AvgIpc) is 3.48. The van der Waals surface area contributed by atoms with E-state index < -0.39 is 24.0 Å². The van der Waals surface area contributed by atoms with Crippen LogP contribution in [-0.4, -0.2) is 39.8 Å². The van der Waals surface area contributed by atoms with Gasteiger partial charge in [0.05, 0.1) is 5.52 Å². The summed E-state index contributed by atoms with van der Waals surface area (Å²) < 4.78 is 1.83. The summed E-state index contributed by atoms with van der Waals surface area (Å²) in [6.45, 7) is 0.616. The minimum Gasteiger partial charge on any atom is -0.368 e. The molecule has 0 radical (unpaired) electrons. The van der Waals surface area contributed by atoms with Gasteiger partial charge >= 0.3 is 0 Å². The van der Waals surface area contributed by atoms with Gasteiger partial charge in [-0.3, -0.25) is 14.4 Å². The van der Waals surface area contributed by atoms with E-state index in [1.807, 2.05) is 59.2 Å². The van der Waals surface area contributed by atoms with Crippen LogP contribution in [0.15, 0.2) is 60.7 Å². The summed E-state index contributed by atoms with van der Waals surface area (Å²) in [7, 11) is 0. The molecule has 3 aromatic rings. The average molecular weight is 524 g/mol. The lowest BCUT2D eigenvalue weighted by molar-refractivity contribution is -0.145. The van der Waals surface area contributed by atoms with Crippen LogP contribution in [0, 0.1) is 11.8 Å². The summed E-state index contributed by atoms with van der Waals surface area (Å²) in [6.07, 6.45) is 3.08. The van der Waals surface area contributed by atoms with Gasteiger partial charge in [0.25, 0.3) is 5.91 Å². The number of nitrogens with zero attached hydrogens (tertiary/aromatic N) is 2. The molecular weight excluding hydrogens is 490 g/mol. The highest BCUT2D eigenvalue weighted by Crippen LogP contribution is 2.46. The molecule has 1 saturated carbocycles. The van der Waals surface area contributed by atoms with Crippen LogP contribution in [0.3, 0.4) is 0 Å². The van der Waals surface area contributed by atoms with Gasteiger partial charge in [0.15, 0.2) is 0 Å². The Morgan fingerprint density at radius 2 is 1.54 bits per heavy atom. The van der Waals surface area contributed by atoms with E-state index >= 15 is 0 Å². The lowest BCUT2D eigenvalue weighted by Crippen LogP contribution is -2.50. The fourth-order valence-corrected chi connectivity index (χ4v) is 6.26. The third-order valence-electron chi connectivity index (χ3n) is 8.07. The highest BCUT2D eigenvalue weighted by atomic mass is 35.5. The number of carbonyl (C=O) groups is 3. The number of fused-ring (bicyclic) bond motifs is 1. The Hall–Kier alpha value is -3.36. The predicted molar refractivity (Wildman–Crippen MR) is 145 cm³/mol. The lowest BCUT2D eigenvalue weighted by Gasteiger charge is -2.36. The number of carbonyl (C=O) groups excluding carboxylic acids is 3. The minimum atomic E-state index is -0.834. The molecule has 1 aliphatic carbocycles. The van der Waals surface area contributed by atoms with Crippen LogP contribution < -0.4 is 17.2 Å². The fourth-order valence-electron chi connectivity index (χ4n) is 6.26. The Bertz CT molecular complexity index is 1290. The van der Waals surface area contributed by atoms with E-state index in [1.165, 1.54) is 0 Å². The highest BCUT2D eigenvalue weighted by Gasteiger charge is 2.50. The number of halogens is 1. The third-order valence-corrected chi connectivity index (χ3v) is 8.07. The maximum absolute atomic E-state index is 14.2. The summed E-state index contributed by atoms with van der Waals surface area (Å²) in [6, 6.07) is 18.2. The second-order valence-corrected chi connectivity index (χ2v) is 10.1. The van der Waals surface area contributed by atoms with E-state index in [-0.39, 0.29) is 30.2 Å². The van der Waals surface area contributed by atoms with Crippen LogP contribution in [-0.2, 0) is 9.59 Å². The van der Waals surface area contributed by atoms with Crippen molar-refractivity contribution in [1.82, 2.24) is 9.47 Å². The molecule has 2 aromatic carbocycles. The van der Waals surface area contributed by atoms with Crippen LogP contribution in [0.4, 0.5) is 0 Å². The Labute approximate surface area is 222 Å². The monoisotopic (exact) mass is 523 g/mol. The van der Waals surface area contributed by atoms with Crippen molar-refractivity contribution in [2.24, 2.45) is 29.0 Å². The SMILES string of the molecule is Cl.NCC1CCC(C(=O)N2C(n3c(C(N)=O)cc4ccccc43)C[C@@H](c3ccccc3)[C@H]2C(N)=O)CC1. The Balaban J connectivity index is 0.00000320.